The number of benzene rings is 2. The number of aryl methyl sites for hydroxylation is 1. The quantitative estimate of drug-likeness (QED) is 0.335. The van der Waals surface area contributed by atoms with Crippen molar-refractivity contribution in [1.82, 2.24) is 4.98 Å². The number of aliphatic hydroxyl groups is 1. The molecule has 2 atom stereocenters. The summed E-state index contributed by atoms with van der Waals surface area (Å²) in [4.78, 5) is 28.6. The van der Waals surface area contributed by atoms with Crippen LogP contribution in [0.3, 0.4) is 0 Å². The van der Waals surface area contributed by atoms with Crippen molar-refractivity contribution < 1.29 is 19.6 Å². The van der Waals surface area contributed by atoms with E-state index in [4.69, 9.17) is 4.74 Å². The number of rotatable bonds is 5. The van der Waals surface area contributed by atoms with Gasteiger partial charge in [-0.3, -0.25) is 14.9 Å². The average Bonchev–Trinajstić information content (AvgIpc) is 3.37. The third-order valence-corrected chi connectivity index (χ3v) is 8.74. The first-order chi connectivity index (χ1) is 16.4. The number of carbonyl (C=O) groups is 1. The van der Waals surface area contributed by atoms with E-state index >= 15 is 0 Å². The van der Waals surface area contributed by atoms with Gasteiger partial charge in [0.25, 0.3) is 10.9 Å². The molecule has 0 amide bonds. The fourth-order valence-corrected chi connectivity index (χ4v) is 7.13. The molecule has 4 aliphatic rings. The molecule has 2 bridgehead atoms. The number of non-ortho nitro benzene ring substituents is 1. The fourth-order valence-electron chi connectivity index (χ4n) is 6.26. The highest BCUT2D eigenvalue weighted by molar-refractivity contribution is 7.20. The Balaban J connectivity index is 1.36. The SMILES string of the molecule is CCc1ccc(Oc2nc3ccc([N+](=O)[O-])cc3s2)cc1C1=C(O)C2C3CCC(CC3)C2C1=O. The second kappa shape index (κ2) is 7.91. The van der Waals surface area contributed by atoms with Crippen molar-refractivity contribution in [3.05, 3.63) is 63.4 Å². The fraction of sp³-hybridized carbons (Fsp3) is 0.385. The Morgan fingerprint density at radius 1 is 1.12 bits per heavy atom. The smallest absolute Gasteiger partial charge is 0.279 e. The molecule has 7 rings (SSSR count). The molecule has 1 N–H and O–H groups in total. The van der Waals surface area contributed by atoms with Gasteiger partial charge in [0, 0.05) is 24.0 Å². The number of nitro benzene ring substituents is 1. The standard InChI is InChI=1S/C26H24N2O5S/c1-2-13-7-9-17(33-26-27-19-10-8-16(28(31)32)11-20(19)34-26)12-18(13)23-24(29)21-14-3-4-15(6-5-14)22(21)25(23)30/h7-12,14-15,21-22,29H,2-6H2,1H3. The summed E-state index contributed by atoms with van der Waals surface area (Å²) in [5, 5.41) is 22.7. The molecule has 7 nitrogen and oxygen atoms in total. The van der Waals surface area contributed by atoms with Crippen LogP contribution >= 0.6 is 11.3 Å². The molecule has 1 aromatic heterocycles. The minimum absolute atomic E-state index is 0.00915. The third kappa shape index (κ3) is 3.23. The highest BCUT2D eigenvalue weighted by Crippen LogP contribution is 2.57. The van der Waals surface area contributed by atoms with E-state index in [2.05, 4.69) is 4.98 Å². The summed E-state index contributed by atoms with van der Waals surface area (Å²) in [6.07, 6.45) is 5.08. The Labute approximate surface area is 200 Å². The minimum atomic E-state index is -0.432. The van der Waals surface area contributed by atoms with Gasteiger partial charge in [-0.2, -0.15) is 0 Å². The Bertz CT molecular complexity index is 1370. The van der Waals surface area contributed by atoms with Crippen molar-refractivity contribution in [2.45, 2.75) is 39.0 Å². The molecule has 174 valence electrons. The zero-order valence-electron chi connectivity index (χ0n) is 18.7. The number of ketones is 1. The zero-order chi connectivity index (χ0) is 23.6. The third-order valence-electron chi connectivity index (χ3n) is 7.84. The largest absolute Gasteiger partial charge is 0.511 e. The predicted octanol–water partition coefficient (Wildman–Crippen LogP) is 6.46. The molecule has 0 aliphatic heterocycles. The van der Waals surface area contributed by atoms with E-state index in [1.165, 1.54) is 23.5 Å². The molecular weight excluding hydrogens is 452 g/mol. The van der Waals surface area contributed by atoms with Crippen LogP contribution in [0.15, 0.2) is 42.2 Å². The monoisotopic (exact) mass is 476 g/mol. The molecule has 2 unspecified atom stereocenters. The van der Waals surface area contributed by atoms with E-state index in [1.54, 1.807) is 6.07 Å². The molecule has 34 heavy (non-hydrogen) atoms. The normalized spacial score (nSPS) is 25.7. The summed E-state index contributed by atoms with van der Waals surface area (Å²) in [6.45, 7) is 2.04. The second-order valence-corrected chi connectivity index (χ2v) is 10.5. The van der Waals surface area contributed by atoms with Crippen molar-refractivity contribution >= 4 is 38.6 Å². The number of carbonyl (C=O) groups excluding carboxylic acids is 1. The molecule has 0 saturated heterocycles. The first-order valence-corrected chi connectivity index (χ1v) is 12.6. The first kappa shape index (κ1) is 21.3. The first-order valence-electron chi connectivity index (χ1n) is 11.8. The van der Waals surface area contributed by atoms with Crippen LogP contribution in [0, 0.1) is 33.8 Å². The molecule has 0 radical (unpaired) electrons. The maximum Gasteiger partial charge on any atom is 0.279 e. The molecule has 8 heteroatoms. The number of hydrogen-bond donors (Lipinski definition) is 1. The van der Waals surface area contributed by atoms with Crippen molar-refractivity contribution in [1.29, 1.82) is 0 Å². The Morgan fingerprint density at radius 2 is 1.85 bits per heavy atom. The predicted molar refractivity (Wildman–Crippen MR) is 129 cm³/mol. The lowest BCUT2D eigenvalue weighted by Crippen LogP contribution is -2.41. The van der Waals surface area contributed by atoms with Crippen LogP contribution in [-0.4, -0.2) is 20.8 Å². The molecule has 1 heterocycles. The summed E-state index contributed by atoms with van der Waals surface area (Å²) < 4.78 is 6.70. The zero-order valence-corrected chi connectivity index (χ0v) is 19.5. The van der Waals surface area contributed by atoms with Gasteiger partial charge >= 0.3 is 0 Å². The van der Waals surface area contributed by atoms with Crippen molar-refractivity contribution in [2.24, 2.45) is 23.7 Å². The summed E-state index contributed by atoms with van der Waals surface area (Å²) in [5.74, 6) is 1.51. The van der Waals surface area contributed by atoms with Crippen LogP contribution in [0.1, 0.15) is 43.7 Å². The van der Waals surface area contributed by atoms with Crippen LogP contribution in [0.5, 0.6) is 10.9 Å². The van der Waals surface area contributed by atoms with Gasteiger partial charge in [0.05, 0.1) is 20.7 Å². The summed E-state index contributed by atoms with van der Waals surface area (Å²) >= 11 is 1.23. The van der Waals surface area contributed by atoms with Gasteiger partial charge in [-0.05, 0) is 73.3 Å². The highest BCUT2D eigenvalue weighted by Gasteiger charge is 2.54. The van der Waals surface area contributed by atoms with Gasteiger partial charge in [0.15, 0.2) is 5.78 Å². The number of ether oxygens (including phenoxy) is 1. The molecule has 3 aromatic rings. The van der Waals surface area contributed by atoms with E-state index in [0.717, 1.165) is 43.2 Å². The van der Waals surface area contributed by atoms with Crippen LogP contribution in [0.4, 0.5) is 5.69 Å². The number of nitro groups is 1. The topological polar surface area (TPSA) is 103 Å². The van der Waals surface area contributed by atoms with Gasteiger partial charge in [-0.25, -0.2) is 4.98 Å². The number of aliphatic hydroxyl groups excluding tert-OH is 1. The van der Waals surface area contributed by atoms with Gasteiger partial charge in [0.1, 0.15) is 11.5 Å². The van der Waals surface area contributed by atoms with Gasteiger partial charge in [-0.15, -0.1) is 0 Å². The minimum Gasteiger partial charge on any atom is -0.511 e. The van der Waals surface area contributed by atoms with Crippen molar-refractivity contribution in [3.8, 4) is 10.9 Å². The molecule has 3 fully saturated rings. The van der Waals surface area contributed by atoms with Gasteiger partial charge < -0.3 is 9.84 Å². The lowest BCUT2D eigenvalue weighted by Gasteiger charge is -2.44. The van der Waals surface area contributed by atoms with Crippen LogP contribution in [0.2, 0.25) is 0 Å². The molecular formula is C26H24N2O5S. The molecule has 2 aromatic carbocycles. The maximum absolute atomic E-state index is 13.6. The lowest BCUT2D eigenvalue weighted by atomic mass is 9.59. The Hall–Kier alpha value is -3.26. The number of thiazole rings is 1. The number of Topliss-reactive ketones (excluding diaryl/α,β-unsaturated/α-hetero) is 1. The van der Waals surface area contributed by atoms with E-state index < -0.39 is 4.92 Å². The average molecular weight is 477 g/mol. The van der Waals surface area contributed by atoms with Crippen LogP contribution < -0.4 is 4.74 Å². The van der Waals surface area contributed by atoms with Crippen molar-refractivity contribution in [2.75, 3.05) is 0 Å². The van der Waals surface area contributed by atoms with E-state index in [-0.39, 0.29) is 29.1 Å². The van der Waals surface area contributed by atoms with Gasteiger partial charge in [-0.1, -0.05) is 24.3 Å². The lowest BCUT2D eigenvalue weighted by molar-refractivity contribution is -0.384. The number of fused-ring (bicyclic) bond motifs is 3. The Kier molecular flexibility index (Phi) is 4.95. The Morgan fingerprint density at radius 3 is 2.53 bits per heavy atom. The number of hydrogen-bond acceptors (Lipinski definition) is 7. The van der Waals surface area contributed by atoms with E-state index in [1.807, 2.05) is 25.1 Å². The summed E-state index contributed by atoms with van der Waals surface area (Å²) in [7, 11) is 0. The summed E-state index contributed by atoms with van der Waals surface area (Å²) in [5.41, 5.74) is 2.84. The summed E-state index contributed by atoms with van der Waals surface area (Å²) in [6, 6.07) is 10.1. The molecule has 4 aliphatic carbocycles. The van der Waals surface area contributed by atoms with E-state index in [9.17, 15) is 20.0 Å². The molecule has 0 spiro atoms. The van der Waals surface area contributed by atoms with Crippen molar-refractivity contribution in [3.63, 3.8) is 0 Å². The van der Waals surface area contributed by atoms with E-state index in [0.29, 0.717) is 38.6 Å². The highest BCUT2D eigenvalue weighted by atomic mass is 32.1. The van der Waals surface area contributed by atoms with Crippen LogP contribution in [-0.2, 0) is 11.2 Å². The number of aromatic nitrogens is 1. The number of nitrogens with zero attached hydrogens (tertiary/aromatic N) is 2. The van der Waals surface area contributed by atoms with Crippen LogP contribution in [0.25, 0.3) is 15.8 Å². The molecule has 3 saturated carbocycles. The maximum atomic E-state index is 13.6. The second-order valence-electron chi connectivity index (χ2n) is 9.51. The number of allylic oxidation sites excluding steroid dienone is 2. The van der Waals surface area contributed by atoms with Gasteiger partial charge in [0.2, 0.25) is 0 Å².